The zero-order chi connectivity index (χ0) is 12.6. The Labute approximate surface area is 98.9 Å². The predicted molar refractivity (Wildman–Crippen MR) is 62.4 cm³/mol. The molecule has 17 heavy (non-hydrogen) atoms. The molecule has 2 N–H and O–H groups in total. The lowest BCUT2D eigenvalue weighted by molar-refractivity contribution is 0.189. The summed E-state index contributed by atoms with van der Waals surface area (Å²) in [6.45, 7) is 3.68. The quantitative estimate of drug-likeness (QED) is 0.811. The molecule has 0 spiro atoms. The minimum atomic E-state index is -0.649. The Morgan fingerprint density at radius 1 is 1.41 bits per heavy atom. The Kier molecular flexibility index (Phi) is 2.83. The van der Waals surface area contributed by atoms with E-state index in [1.54, 1.807) is 18.2 Å². The second kappa shape index (κ2) is 4.16. The van der Waals surface area contributed by atoms with Gasteiger partial charge in [0.05, 0.1) is 0 Å². The lowest BCUT2D eigenvalue weighted by Gasteiger charge is -2.26. The van der Waals surface area contributed by atoms with Crippen molar-refractivity contribution < 1.29 is 9.18 Å². The van der Waals surface area contributed by atoms with Crippen LogP contribution in [0.1, 0.15) is 25.5 Å². The molecule has 0 bridgehead atoms. The van der Waals surface area contributed by atoms with Crippen molar-refractivity contribution in [3.8, 4) is 0 Å². The molecule has 0 aliphatic carbocycles. The number of hydrogen-bond acceptors (Lipinski definition) is 2. The average Bonchev–Trinajstić information content (AvgIpc) is 2.54. The first kappa shape index (κ1) is 11.6. The van der Waals surface area contributed by atoms with Crippen LogP contribution in [0.3, 0.4) is 0 Å². The molecule has 5 heteroatoms. The molecule has 0 saturated carbocycles. The van der Waals surface area contributed by atoms with Crippen molar-refractivity contribution >= 4 is 11.9 Å². The summed E-state index contributed by atoms with van der Waals surface area (Å²) >= 11 is 0. The molecular weight excluding hydrogens is 221 g/mol. The van der Waals surface area contributed by atoms with Gasteiger partial charge in [-0.25, -0.2) is 9.18 Å². The van der Waals surface area contributed by atoms with Crippen LogP contribution in [0.15, 0.2) is 24.3 Å². The SMILES string of the molecule is CC(C)N1C(=O)NC(=N)C1c1ccccc1F. The molecule has 1 saturated heterocycles. The van der Waals surface area contributed by atoms with Gasteiger partial charge in [-0.1, -0.05) is 18.2 Å². The van der Waals surface area contributed by atoms with Crippen molar-refractivity contribution in [1.29, 1.82) is 5.41 Å². The summed E-state index contributed by atoms with van der Waals surface area (Å²) in [7, 11) is 0. The Balaban J connectivity index is 2.46. The van der Waals surface area contributed by atoms with Gasteiger partial charge in [0, 0.05) is 11.6 Å². The van der Waals surface area contributed by atoms with E-state index in [0.29, 0.717) is 5.56 Å². The van der Waals surface area contributed by atoms with Crippen LogP contribution < -0.4 is 5.32 Å². The lowest BCUT2D eigenvalue weighted by Crippen LogP contribution is -2.36. The molecule has 1 fully saturated rings. The summed E-state index contributed by atoms with van der Waals surface area (Å²) in [5, 5.41) is 10.2. The molecule has 1 aliphatic rings. The Morgan fingerprint density at radius 2 is 2.06 bits per heavy atom. The van der Waals surface area contributed by atoms with Gasteiger partial charge in [-0.05, 0) is 19.9 Å². The van der Waals surface area contributed by atoms with E-state index in [9.17, 15) is 9.18 Å². The van der Waals surface area contributed by atoms with Crippen LogP contribution in [0, 0.1) is 11.2 Å². The highest BCUT2D eigenvalue weighted by Gasteiger charge is 2.39. The molecule has 1 aromatic carbocycles. The van der Waals surface area contributed by atoms with Crippen molar-refractivity contribution in [1.82, 2.24) is 10.2 Å². The van der Waals surface area contributed by atoms with E-state index in [4.69, 9.17) is 5.41 Å². The Bertz CT molecular complexity index is 473. The highest BCUT2D eigenvalue weighted by atomic mass is 19.1. The number of benzene rings is 1. The molecule has 4 nitrogen and oxygen atoms in total. The number of halogens is 1. The highest BCUT2D eigenvalue weighted by molar-refractivity contribution is 6.06. The molecule has 0 radical (unpaired) electrons. The number of carbonyl (C=O) groups excluding carboxylic acids is 1. The van der Waals surface area contributed by atoms with E-state index in [1.165, 1.54) is 11.0 Å². The summed E-state index contributed by atoms with van der Waals surface area (Å²) in [6, 6.07) is 5.14. The molecule has 1 atom stereocenters. The molecule has 2 amide bonds. The van der Waals surface area contributed by atoms with Gasteiger partial charge < -0.3 is 4.90 Å². The maximum Gasteiger partial charge on any atom is 0.323 e. The van der Waals surface area contributed by atoms with E-state index >= 15 is 0 Å². The van der Waals surface area contributed by atoms with Gasteiger partial charge in [-0.2, -0.15) is 0 Å². The molecule has 1 unspecified atom stereocenters. The first-order valence-corrected chi connectivity index (χ1v) is 5.44. The van der Waals surface area contributed by atoms with E-state index in [-0.39, 0.29) is 17.9 Å². The molecule has 1 aromatic rings. The minimum Gasteiger partial charge on any atom is -0.308 e. The van der Waals surface area contributed by atoms with Gasteiger partial charge in [0.15, 0.2) is 0 Å². The smallest absolute Gasteiger partial charge is 0.308 e. The number of amides is 2. The average molecular weight is 235 g/mol. The Morgan fingerprint density at radius 3 is 2.65 bits per heavy atom. The number of carbonyl (C=O) groups is 1. The van der Waals surface area contributed by atoms with Crippen LogP contribution in [0.4, 0.5) is 9.18 Å². The third-order valence-corrected chi connectivity index (χ3v) is 2.78. The van der Waals surface area contributed by atoms with Crippen LogP contribution in [0.2, 0.25) is 0 Å². The van der Waals surface area contributed by atoms with Crippen molar-refractivity contribution in [3.05, 3.63) is 35.6 Å². The van der Waals surface area contributed by atoms with Gasteiger partial charge in [0.1, 0.15) is 17.7 Å². The third-order valence-electron chi connectivity index (χ3n) is 2.78. The van der Waals surface area contributed by atoms with Gasteiger partial charge >= 0.3 is 6.03 Å². The van der Waals surface area contributed by atoms with E-state index < -0.39 is 11.9 Å². The first-order chi connectivity index (χ1) is 8.02. The van der Waals surface area contributed by atoms with Crippen molar-refractivity contribution in [3.63, 3.8) is 0 Å². The van der Waals surface area contributed by atoms with Crippen LogP contribution >= 0.6 is 0 Å². The predicted octanol–water partition coefficient (Wildman–Crippen LogP) is 2.28. The number of amidine groups is 1. The zero-order valence-electron chi connectivity index (χ0n) is 9.70. The molecule has 2 rings (SSSR count). The summed E-state index contributed by atoms with van der Waals surface area (Å²) in [5.74, 6) is -0.377. The normalized spacial score (nSPS) is 20.0. The molecule has 0 aromatic heterocycles. The van der Waals surface area contributed by atoms with Crippen LogP contribution in [-0.4, -0.2) is 22.8 Å². The van der Waals surface area contributed by atoms with Crippen molar-refractivity contribution in [2.45, 2.75) is 25.9 Å². The first-order valence-electron chi connectivity index (χ1n) is 5.44. The van der Waals surface area contributed by atoms with Gasteiger partial charge in [0.25, 0.3) is 0 Å². The number of nitrogens with zero attached hydrogens (tertiary/aromatic N) is 1. The molecule has 90 valence electrons. The number of rotatable bonds is 2. The maximum atomic E-state index is 13.7. The highest BCUT2D eigenvalue weighted by Crippen LogP contribution is 2.29. The van der Waals surface area contributed by atoms with Gasteiger partial charge in [-0.3, -0.25) is 10.7 Å². The number of hydrogen-bond donors (Lipinski definition) is 2. The van der Waals surface area contributed by atoms with Gasteiger partial charge in [-0.15, -0.1) is 0 Å². The largest absolute Gasteiger partial charge is 0.323 e. The summed E-state index contributed by atoms with van der Waals surface area (Å²) in [4.78, 5) is 13.1. The maximum absolute atomic E-state index is 13.7. The number of urea groups is 1. The second-order valence-corrected chi connectivity index (χ2v) is 4.27. The fourth-order valence-electron chi connectivity index (χ4n) is 2.04. The Hall–Kier alpha value is -1.91. The summed E-state index contributed by atoms with van der Waals surface area (Å²) < 4.78 is 13.7. The fraction of sp³-hybridized carbons (Fsp3) is 0.333. The second-order valence-electron chi connectivity index (χ2n) is 4.27. The van der Waals surface area contributed by atoms with Crippen LogP contribution in [0.25, 0.3) is 0 Å². The van der Waals surface area contributed by atoms with E-state index in [0.717, 1.165) is 0 Å². The summed E-state index contributed by atoms with van der Waals surface area (Å²) in [6.07, 6.45) is 0. The lowest BCUT2D eigenvalue weighted by atomic mass is 10.0. The minimum absolute atomic E-state index is 0.0220. The zero-order valence-corrected chi connectivity index (χ0v) is 9.70. The van der Waals surface area contributed by atoms with E-state index in [2.05, 4.69) is 5.32 Å². The van der Waals surface area contributed by atoms with Crippen molar-refractivity contribution in [2.75, 3.05) is 0 Å². The number of nitrogens with one attached hydrogen (secondary N) is 2. The van der Waals surface area contributed by atoms with Gasteiger partial charge in [0.2, 0.25) is 0 Å². The third kappa shape index (κ3) is 1.88. The summed E-state index contributed by atoms with van der Waals surface area (Å²) in [5.41, 5.74) is 0.351. The monoisotopic (exact) mass is 235 g/mol. The van der Waals surface area contributed by atoms with Crippen molar-refractivity contribution in [2.24, 2.45) is 0 Å². The topological polar surface area (TPSA) is 56.2 Å². The molecule has 1 heterocycles. The van der Waals surface area contributed by atoms with E-state index in [1.807, 2.05) is 13.8 Å². The fourth-order valence-corrected chi connectivity index (χ4v) is 2.04. The van der Waals surface area contributed by atoms with Crippen LogP contribution in [0.5, 0.6) is 0 Å². The standard InChI is InChI=1S/C12H14FN3O/c1-7(2)16-10(11(14)15-12(16)17)8-5-3-4-6-9(8)13/h3-7,10H,1-2H3,(H2,14,15,17). The molecule has 1 aliphatic heterocycles. The van der Waals surface area contributed by atoms with Crippen LogP contribution in [-0.2, 0) is 0 Å². The molecular formula is C12H14FN3O.